The number of unbranched alkanes of at least 4 members (excludes halogenated alkanes) is 13. The molecule has 0 aliphatic carbocycles. The molecule has 1 aromatic heterocycles. The third-order valence-electron chi connectivity index (χ3n) is 10.3. The highest BCUT2D eigenvalue weighted by Crippen LogP contribution is 2.44. The van der Waals surface area contributed by atoms with Gasteiger partial charge in [-0.15, -0.1) is 9.05 Å². The number of benzene rings is 3. The van der Waals surface area contributed by atoms with E-state index in [9.17, 15) is 14.5 Å². The van der Waals surface area contributed by atoms with Gasteiger partial charge in [-0.05, 0) is 35.6 Å². The van der Waals surface area contributed by atoms with Crippen LogP contribution in [0.3, 0.4) is 0 Å². The zero-order chi connectivity index (χ0) is 40.4. The van der Waals surface area contributed by atoms with E-state index in [1.54, 1.807) is 0 Å². The number of hydrogen-bond donors (Lipinski definition) is 2. The summed E-state index contributed by atoms with van der Waals surface area (Å²) in [5.74, 6) is -0.827. The Labute approximate surface area is 341 Å². The number of aliphatic hydroxyl groups is 1. The highest BCUT2D eigenvalue weighted by atomic mass is 31.1. The zero-order valence-electron chi connectivity index (χ0n) is 33.9. The van der Waals surface area contributed by atoms with Gasteiger partial charge in [-0.25, -0.2) is 4.79 Å². The van der Waals surface area contributed by atoms with Crippen LogP contribution in [0.4, 0.5) is 5.82 Å². The molecule has 0 saturated carbocycles. The van der Waals surface area contributed by atoms with Crippen LogP contribution in [0.25, 0.3) is 0 Å². The molecule has 1 heterocycles. The third-order valence-corrected chi connectivity index (χ3v) is 11.0. The van der Waals surface area contributed by atoms with Gasteiger partial charge in [-0.1, -0.05) is 181 Å². The molecular formula is C46H65N3O7P+. The maximum atomic E-state index is 13.4. The second-order valence-electron chi connectivity index (χ2n) is 14.7. The zero-order valence-corrected chi connectivity index (χ0v) is 34.8. The summed E-state index contributed by atoms with van der Waals surface area (Å²) in [6.45, 7) is 2.96. The Morgan fingerprint density at radius 1 is 0.667 bits per heavy atom. The molecule has 57 heavy (non-hydrogen) atoms. The summed E-state index contributed by atoms with van der Waals surface area (Å²) in [7, 11) is -2.53. The molecule has 310 valence electrons. The van der Waals surface area contributed by atoms with Crippen LogP contribution in [0.1, 0.15) is 126 Å². The molecule has 0 radical (unpaired) electrons. The van der Waals surface area contributed by atoms with Crippen molar-refractivity contribution in [2.24, 2.45) is 5.92 Å². The Morgan fingerprint density at radius 3 is 1.61 bits per heavy atom. The molecule has 0 aliphatic rings. The predicted molar refractivity (Wildman–Crippen MR) is 228 cm³/mol. The van der Waals surface area contributed by atoms with Gasteiger partial charge in [0.2, 0.25) is 0 Å². The molecule has 4 aromatic rings. The van der Waals surface area contributed by atoms with Gasteiger partial charge >= 0.3 is 13.9 Å². The number of ether oxygens (including phenoxy) is 2. The first-order valence-corrected chi connectivity index (χ1v) is 22.2. The Balaban J connectivity index is 1.28. The molecular weight excluding hydrogens is 737 g/mol. The van der Waals surface area contributed by atoms with Crippen molar-refractivity contribution in [3.63, 3.8) is 0 Å². The van der Waals surface area contributed by atoms with Crippen molar-refractivity contribution < 1.29 is 28.2 Å². The number of anilines is 1. The van der Waals surface area contributed by atoms with Crippen molar-refractivity contribution in [1.82, 2.24) is 9.55 Å². The lowest BCUT2D eigenvalue weighted by Crippen LogP contribution is -2.43. The van der Waals surface area contributed by atoms with E-state index in [4.69, 9.17) is 24.3 Å². The summed E-state index contributed by atoms with van der Waals surface area (Å²) in [5, 5.41) is 10.8. The smallest absolute Gasteiger partial charge is 0.396 e. The first-order valence-electron chi connectivity index (χ1n) is 21.1. The molecule has 0 aliphatic heterocycles. The standard InChI is InChI=1S/C46H64N3O7P/c1-2-3-4-5-6-7-8-9-10-11-12-13-14-24-34-53-35-25-36-54-57(52)55-38-39(37-50)44(49-33-32-43(47)48-45(49)51)56-46(40-26-18-15-19-27-40,41-28-20-16-21-29-41)42-30-22-17-23-31-42/h15-23,26-33,39,44,50H,2-14,24-25,34-38H2,1H3,(H-,47,48,51)/p+1/t39-,44?/m0/s1. The fraction of sp³-hybridized carbons (Fsp3) is 0.522. The molecule has 4 rings (SSSR count). The molecule has 11 heteroatoms. The SMILES string of the molecule is CCCCCCCCCCCCCCCCOCCCO[P+](=O)OC[C@H](CO)C(OC(c1ccccc1)(c1ccccc1)c1ccccc1)n1ccc(N)nc1=O. The van der Waals surface area contributed by atoms with E-state index in [0.717, 1.165) is 23.1 Å². The van der Waals surface area contributed by atoms with Gasteiger partial charge in [-0.3, -0.25) is 4.57 Å². The van der Waals surface area contributed by atoms with Crippen LogP contribution in [-0.2, 0) is 28.7 Å². The van der Waals surface area contributed by atoms with Crippen LogP contribution >= 0.6 is 8.25 Å². The third kappa shape index (κ3) is 15.5. The van der Waals surface area contributed by atoms with Crippen molar-refractivity contribution in [2.75, 3.05) is 38.8 Å². The average molecular weight is 803 g/mol. The number of hydrogen-bond acceptors (Lipinski definition) is 9. The van der Waals surface area contributed by atoms with Gasteiger partial charge in [0.25, 0.3) is 0 Å². The Hall–Kier alpha value is -3.76. The number of nitrogen functional groups attached to an aromatic ring is 1. The van der Waals surface area contributed by atoms with Crippen LogP contribution in [-0.4, -0.2) is 47.7 Å². The monoisotopic (exact) mass is 802 g/mol. The van der Waals surface area contributed by atoms with Crippen LogP contribution in [0.15, 0.2) is 108 Å². The van der Waals surface area contributed by atoms with E-state index < -0.39 is 38.3 Å². The maximum Gasteiger partial charge on any atom is 0.697 e. The second kappa shape index (κ2) is 27.0. The lowest BCUT2D eigenvalue weighted by atomic mass is 9.80. The summed E-state index contributed by atoms with van der Waals surface area (Å²) in [4.78, 5) is 17.4. The lowest BCUT2D eigenvalue weighted by molar-refractivity contribution is -0.132. The van der Waals surface area contributed by atoms with Gasteiger partial charge in [0.1, 0.15) is 30.9 Å². The highest BCUT2D eigenvalue weighted by Gasteiger charge is 2.43. The van der Waals surface area contributed by atoms with Crippen molar-refractivity contribution in [1.29, 1.82) is 0 Å². The molecule has 3 N–H and O–H groups in total. The fourth-order valence-corrected chi connectivity index (χ4v) is 7.79. The van der Waals surface area contributed by atoms with E-state index >= 15 is 0 Å². The molecule has 10 nitrogen and oxygen atoms in total. The molecule has 0 bridgehead atoms. The molecule has 0 saturated heterocycles. The van der Waals surface area contributed by atoms with Crippen molar-refractivity contribution in [3.8, 4) is 0 Å². The summed E-state index contributed by atoms with van der Waals surface area (Å²) in [6, 6.07) is 30.5. The number of aliphatic hydroxyl groups excluding tert-OH is 1. The molecule has 2 unspecified atom stereocenters. The molecule has 3 aromatic carbocycles. The topological polar surface area (TPSA) is 135 Å². The quantitative estimate of drug-likeness (QED) is 0.0290. The minimum absolute atomic E-state index is 0.0484. The van der Waals surface area contributed by atoms with Gasteiger partial charge in [0.15, 0.2) is 0 Å². The molecule has 3 atom stereocenters. The Kier molecular flexibility index (Phi) is 21.8. The van der Waals surface area contributed by atoms with Gasteiger partial charge in [-0.2, -0.15) is 4.98 Å². The predicted octanol–water partition coefficient (Wildman–Crippen LogP) is 10.5. The van der Waals surface area contributed by atoms with Crippen LogP contribution < -0.4 is 11.4 Å². The first kappa shape index (κ1) is 45.9. The van der Waals surface area contributed by atoms with Crippen molar-refractivity contribution in [2.45, 2.75) is 115 Å². The largest absolute Gasteiger partial charge is 0.697 e. The summed E-state index contributed by atoms with van der Waals surface area (Å²) < 4.78 is 38.3. The fourth-order valence-electron chi connectivity index (χ4n) is 7.12. The number of aromatic nitrogens is 2. The normalized spacial score (nSPS) is 13.1. The van der Waals surface area contributed by atoms with E-state index in [2.05, 4.69) is 11.9 Å². The Morgan fingerprint density at radius 2 is 1.14 bits per heavy atom. The van der Waals surface area contributed by atoms with E-state index in [1.165, 1.54) is 100 Å². The van der Waals surface area contributed by atoms with Gasteiger partial charge in [0.05, 0.1) is 12.5 Å². The van der Waals surface area contributed by atoms with Crippen LogP contribution in [0.5, 0.6) is 0 Å². The summed E-state index contributed by atoms with van der Waals surface area (Å²) in [5.41, 5.74) is 6.33. The van der Waals surface area contributed by atoms with Crippen molar-refractivity contribution >= 4 is 14.1 Å². The minimum Gasteiger partial charge on any atom is -0.396 e. The van der Waals surface area contributed by atoms with Gasteiger partial charge < -0.3 is 20.3 Å². The lowest BCUT2D eigenvalue weighted by Gasteiger charge is -2.40. The van der Waals surface area contributed by atoms with E-state index in [-0.39, 0.29) is 19.0 Å². The second-order valence-corrected chi connectivity index (χ2v) is 15.7. The van der Waals surface area contributed by atoms with Gasteiger partial charge in [0, 0.05) is 24.0 Å². The molecule has 0 fully saturated rings. The number of nitrogens with zero attached hydrogens (tertiary/aromatic N) is 2. The summed E-state index contributed by atoms with van der Waals surface area (Å²) in [6.07, 6.45) is 19.4. The molecule has 0 amide bonds. The Bertz CT molecular complexity index is 1610. The average Bonchev–Trinajstić information content (AvgIpc) is 3.24. The van der Waals surface area contributed by atoms with E-state index in [0.29, 0.717) is 19.6 Å². The van der Waals surface area contributed by atoms with Crippen LogP contribution in [0, 0.1) is 5.92 Å². The minimum atomic E-state index is -2.53. The number of rotatable bonds is 31. The molecule has 0 spiro atoms. The van der Waals surface area contributed by atoms with Crippen LogP contribution in [0.2, 0.25) is 0 Å². The van der Waals surface area contributed by atoms with Crippen molar-refractivity contribution in [3.05, 3.63) is 130 Å². The number of nitrogens with two attached hydrogens (primary N) is 1. The summed E-state index contributed by atoms with van der Waals surface area (Å²) >= 11 is 0. The maximum absolute atomic E-state index is 13.4. The first-order chi connectivity index (χ1) is 28.0. The van der Waals surface area contributed by atoms with E-state index in [1.807, 2.05) is 91.0 Å². The highest BCUT2D eigenvalue weighted by molar-refractivity contribution is 7.33.